The molecule has 3 rings (SSSR count). The van der Waals surface area contributed by atoms with Gasteiger partial charge in [-0.15, -0.1) is 0 Å². The number of amides is 1. The summed E-state index contributed by atoms with van der Waals surface area (Å²) >= 11 is 5.82. The predicted molar refractivity (Wildman–Crippen MR) is 106 cm³/mol. The maximum Gasteiger partial charge on any atom is 0.243 e. The van der Waals surface area contributed by atoms with Crippen molar-refractivity contribution in [2.75, 3.05) is 38.0 Å². The molecular weight excluding hydrogens is 400 g/mol. The predicted octanol–water partition coefficient (Wildman–Crippen LogP) is 2.16. The largest absolute Gasteiger partial charge is 0.325 e. The molecule has 2 aromatic rings. The molecule has 1 heterocycles. The molecule has 28 heavy (non-hydrogen) atoms. The Bertz CT molecular complexity index is 977. The first kappa shape index (κ1) is 20.3. The second-order valence-corrected chi connectivity index (χ2v) is 8.75. The van der Waals surface area contributed by atoms with Gasteiger partial charge in [0.15, 0.2) is 0 Å². The lowest BCUT2D eigenvalue weighted by Crippen LogP contribution is -2.50. The number of benzene rings is 2. The molecule has 1 saturated heterocycles. The van der Waals surface area contributed by atoms with Crippen molar-refractivity contribution in [1.82, 2.24) is 9.21 Å². The Morgan fingerprint density at radius 1 is 1.04 bits per heavy atom. The zero-order chi connectivity index (χ0) is 20.1. The van der Waals surface area contributed by atoms with Crippen LogP contribution in [0.15, 0.2) is 53.4 Å². The molecular formula is C19H19ClN4O3S. The van der Waals surface area contributed by atoms with Crippen LogP contribution in [0.5, 0.6) is 0 Å². The number of carbonyl (C=O) groups is 1. The zero-order valence-electron chi connectivity index (χ0n) is 15.0. The van der Waals surface area contributed by atoms with E-state index in [9.17, 15) is 13.2 Å². The normalized spacial score (nSPS) is 15.7. The van der Waals surface area contributed by atoms with Crippen LogP contribution in [0.4, 0.5) is 5.69 Å². The number of piperazine rings is 1. The van der Waals surface area contributed by atoms with Crippen molar-refractivity contribution < 1.29 is 13.2 Å². The number of nitrogens with zero attached hydrogens (tertiary/aromatic N) is 3. The molecule has 0 bridgehead atoms. The van der Waals surface area contributed by atoms with E-state index in [-0.39, 0.29) is 17.3 Å². The summed E-state index contributed by atoms with van der Waals surface area (Å²) in [5.41, 5.74) is 1.14. The van der Waals surface area contributed by atoms with Crippen molar-refractivity contribution in [3.05, 3.63) is 59.1 Å². The smallest absolute Gasteiger partial charge is 0.243 e. The number of anilines is 1. The lowest BCUT2D eigenvalue weighted by Gasteiger charge is -2.33. The lowest BCUT2D eigenvalue weighted by atomic mass is 10.2. The number of carbonyl (C=O) groups excluding carboxylic acids is 1. The van der Waals surface area contributed by atoms with Crippen molar-refractivity contribution in [1.29, 1.82) is 5.26 Å². The lowest BCUT2D eigenvalue weighted by molar-refractivity contribution is -0.117. The maximum atomic E-state index is 12.7. The monoisotopic (exact) mass is 418 g/mol. The molecule has 0 aromatic heterocycles. The highest BCUT2D eigenvalue weighted by atomic mass is 35.5. The number of nitriles is 1. The number of sulfonamides is 1. The van der Waals surface area contributed by atoms with E-state index in [0.29, 0.717) is 42.5 Å². The van der Waals surface area contributed by atoms with Crippen LogP contribution in [0.25, 0.3) is 0 Å². The molecule has 0 aliphatic carbocycles. The van der Waals surface area contributed by atoms with E-state index >= 15 is 0 Å². The fraction of sp³-hybridized carbons (Fsp3) is 0.263. The van der Waals surface area contributed by atoms with Gasteiger partial charge in [0.1, 0.15) is 0 Å². The van der Waals surface area contributed by atoms with Gasteiger partial charge in [0, 0.05) is 36.9 Å². The summed E-state index contributed by atoms with van der Waals surface area (Å²) in [4.78, 5) is 14.3. The number of rotatable bonds is 5. The molecule has 2 aromatic carbocycles. The highest BCUT2D eigenvalue weighted by molar-refractivity contribution is 7.89. The van der Waals surface area contributed by atoms with Crippen LogP contribution in [0.2, 0.25) is 5.02 Å². The van der Waals surface area contributed by atoms with Crippen molar-refractivity contribution in [2.45, 2.75) is 4.90 Å². The minimum Gasteiger partial charge on any atom is -0.325 e. The van der Waals surface area contributed by atoms with Crippen LogP contribution in [0, 0.1) is 11.3 Å². The van der Waals surface area contributed by atoms with E-state index in [4.69, 9.17) is 16.9 Å². The third-order valence-electron chi connectivity index (χ3n) is 4.45. The third-order valence-corrected chi connectivity index (χ3v) is 6.61. The summed E-state index contributed by atoms with van der Waals surface area (Å²) in [6, 6.07) is 14.7. The molecule has 0 atom stereocenters. The van der Waals surface area contributed by atoms with E-state index in [1.165, 1.54) is 16.4 Å². The van der Waals surface area contributed by atoms with Crippen LogP contribution in [0.1, 0.15) is 5.56 Å². The Hall–Kier alpha value is -2.44. The van der Waals surface area contributed by atoms with Gasteiger partial charge in [-0.05, 0) is 48.5 Å². The molecule has 1 aliphatic rings. The van der Waals surface area contributed by atoms with Gasteiger partial charge < -0.3 is 5.32 Å². The number of nitrogens with one attached hydrogen (secondary N) is 1. The van der Waals surface area contributed by atoms with Crippen molar-refractivity contribution in [3.63, 3.8) is 0 Å². The number of hydrogen-bond donors (Lipinski definition) is 1. The fourth-order valence-corrected chi connectivity index (χ4v) is 4.46. The highest BCUT2D eigenvalue weighted by Crippen LogP contribution is 2.20. The van der Waals surface area contributed by atoms with Crippen molar-refractivity contribution in [2.24, 2.45) is 0 Å². The number of halogens is 1. The van der Waals surface area contributed by atoms with Gasteiger partial charge >= 0.3 is 0 Å². The topological polar surface area (TPSA) is 93.5 Å². The summed E-state index contributed by atoms with van der Waals surface area (Å²) in [6.07, 6.45) is 0. The van der Waals surface area contributed by atoms with Crippen LogP contribution in [-0.4, -0.2) is 56.3 Å². The fourth-order valence-electron chi connectivity index (χ4n) is 2.92. The van der Waals surface area contributed by atoms with E-state index in [2.05, 4.69) is 5.32 Å². The summed E-state index contributed by atoms with van der Waals surface area (Å²) in [6.45, 7) is 1.74. The molecule has 1 amide bonds. The zero-order valence-corrected chi connectivity index (χ0v) is 16.6. The summed E-state index contributed by atoms with van der Waals surface area (Å²) in [7, 11) is -3.56. The SMILES string of the molecule is N#Cc1ccc(NC(=O)CN2CCN(S(=O)(=O)c3ccc(Cl)cc3)CC2)cc1. The quantitative estimate of drug-likeness (QED) is 0.803. The van der Waals surface area contributed by atoms with Crippen LogP contribution in [0.3, 0.4) is 0 Å². The van der Waals surface area contributed by atoms with Gasteiger partial charge in [0.05, 0.1) is 23.1 Å². The maximum absolute atomic E-state index is 12.7. The molecule has 0 unspecified atom stereocenters. The van der Waals surface area contributed by atoms with E-state index in [0.717, 1.165) is 0 Å². The van der Waals surface area contributed by atoms with Crippen molar-refractivity contribution >= 4 is 33.2 Å². The molecule has 9 heteroatoms. The van der Waals surface area contributed by atoms with Gasteiger partial charge in [0.2, 0.25) is 15.9 Å². The molecule has 0 spiro atoms. The van der Waals surface area contributed by atoms with Crippen LogP contribution >= 0.6 is 11.6 Å². The standard InChI is InChI=1S/C19H19ClN4O3S/c20-16-3-7-18(8-4-16)28(26,27)24-11-9-23(10-12-24)14-19(25)22-17-5-1-15(13-21)2-6-17/h1-8H,9-12,14H2,(H,22,25). The third kappa shape index (κ3) is 4.88. The van der Waals surface area contributed by atoms with Gasteiger partial charge in [-0.2, -0.15) is 9.57 Å². The molecule has 0 saturated carbocycles. The molecule has 0 radical (unpaired) electrons. The summed E-state index contributed by atoms with van der Waals surface area (Å²) in [5.74, 6) is -0.182. The Morgan fingerprint density at radius 2 is 1.64 bits per heavy atom. The highest BCUT2D eigenvalue weighted by Gasteiger charge is 2.29. The average molecular weight is 419 g/mol. The summed E-state index contributed by atoms with van der Waals surface area (Å²) in [5, 5.41) is 12.1. The van der Waals surface area contributed by atoms with Gasteiger partial charge in [0.25, 0.3) is 0 Å². The average Bonchev–Trinajstić information content (AvgIpc) is 2.69. The summed E-state index contributed by atoms with van der Waals surface area (Å²) < 4.78 is 26.8. The molecule has 146 valence electrons. The van der Waals surface area contributed by atoms with E-state index < -0.39 is 10.0 Å². The Morgan fingerprint density at radius 3 is 2.21 bits per heavy atom. The minimum absolute atomic E-state index is 0.175. The van der Waals surface area contributed by atoms with Crippen LogP contribution in [-0.2, 0) is 14.8 Å². The Balaban J connectivity index is 1.52. The second-order valence-electron chi connectivity index (χ2n) is 6.37. The van der Waals surface area contributed by atoms with E-state index in [1.807, 2.05) is 11.0 Å². The Kier molecular flexibility index (Phi) is 6.31. The first-order chi connectivity index (χ1) is 13.4. The molecule has 1 fully saturated rings. The van der Waals surface area contributed by atoms with Crippen LogP contribution < -0.4 is 5.32 Å². The van der Waals surface area contributed by atoms with E-state index in [1.54, 1.807) is 36.4 Å². The van der Waals surface area contributed by atoms with Gasteiger partial charge in [-0.1, -0.05) is 11.6 Å². The molecule has 1 aliphatic heterocycles. The van der Waals surface area contributed by atoms with Gasteiger partial charge in [-0.3, -0.25) is 9.69 Å². The minimum atomic E-state index is -3.56. The molecule has 1 N–H and O–H groups in total. The van der Waals surface area contributed by atoms with Gasteiger partial charge in [-0.25, -0.2) is 8.42 Å². The Labute approximate surface area is 169 Å². The number of hydrogen-bond acceptors (Lipinski definition) is 5. The first-order valence-corrected chi connectivity index (χ1v) is 10.5. The molecule has 7 nitrogen and oxygen atoms in total. The second kappa shape index (κ2) is 8.71. The van der Waals surface area contributed by atoms with Crippen molar-refractivity contribution in [3.8, 4) is 6.07 Å². The first-order valence-electron chi connectivity index (χ1n) is 8.66.